The molecule has 6 heteroatoms. The van der Waals surface area contributed by atoms with Gasteiger partial charge in [-0.15, -0.1) is 0 Å². The maximum atomic E-state index is 11.0. The van der Waals surface area contributed by atoms with E-state index in [1.165, 1.54) is 7.11 Å². The van der Waals surface area contributed by atoms with Crippen molar-refractivity contribution in [2.24, 2.45) is 0 Å². The summed E-state index contributed by atoms with van der Waals surface area (Å²) in [6, 6.07) is 9.91. The third kappa shape index (κ3) is 4.50. The van der Waals surface area contributed by atoms with Crippen LogP contribution in [0.25, 0.3) is 0 Å². The molecule has 0 aliphatic carbocycles. The number of aromatic nitrogens is 2. The number of hydrogen-bond acceptors (Lipinski definition) is 5. The second-order valence-corrected chi connectivity index (χ2v) is 6.15. The molecule has 1 aromatic heterocycles. The molecule has 100 valence electrons. The molecule has 0 unspecified atom stereocenters. The summed E-state index contributed by atoms with van der Waals surface area (Å²) in [4.78, 5) is 11.0. The quantitative estimate of drug-likeness (QED) is 0.648. The fourth-order valence-corrected chi connectivity index (χ4v) is 3.22. The number of carbonyl (C=O) groups is 1. The van der Waals surface area contributed by atoms with E-state index in [1.54, 1.807) is 0 Å². The summed E-state index contributed by atoms with van der Waals surface area (Å²) in [5.74, 6) is -0.172. The normalized spacial score (nSPS) is 10.2. The van der Waals surface area contributed by atoms with Crippen LogP contribution in [0.4, 0.5) is 10.4 Å². The summed E-state index contributed by atoms with van der Waals surface area (Å²) in [7, 11) is 1.41. The summed E-state index contributed by atoms with van der Waals surface area (Å²) < 4.78 is 6.57. The Morgan fingerprint density at radius 1 is 1.32 bits per heavy atom. The van der Waals surface area contributed by atoms with Crippen LogP contribution >= 0.6 is 0 Å². The molecule has 0 bridgehead atoms. The molecular formula is C13H15N3O2Se. The first-order valence-electron chi connectivity index (χ1n) is 5.99. The monoisotopic (exact) mass is 325 g/mol. The minimum absolute atomic E-state index is 0.131. The molecular weight excluding hydrogens is 309 g/mol. The predicted molar refractivity (Wildman–Crippen MR) is 73.7 cm³/mol. The molecule has 1 heterocycles. The minimum atomic E-state index is -0.172. The van der Waals surface area contributed by atoms with Gasteiger partial charge in [-0.2, -0.15) is 0 Å². The van der Waals surface area contributed by atoms with Gasteiger partial charge in [-0.1, -0.05) is 0 Å². The molecule has 0 aliphatic heterocycles. The number of carbonyl (C=O) groups excluding carboxylic acids is 1. The number of esters is 1. The van der Waals surface area contributed by atoms with Crippen LogP contribution in [0.15, 0.2) is 30.3 Å². The molecule has 1 N–H and O–H groups in total. The number of anilines is 2. The summed E-state index contributed by atoms with van der Waals surface area (Å²) in [5.41, 5.74) is 1.02. The number of hydrogen-bond donors (Lipinski definition) is 1. The molecule has 0 spiro atoms. The Kier molecular flexibility index (Phi) is 5.12. The molecule has 0 amide bonds. The average molecular weight is 324 g/mol. The third-order valence-electron chi connectivity index (χ3n) is 2.49. The zero-order chi connectivity index (χ0) is 13.5. The first-order chi connectivity index (χ1) is 9.28. The van der Waals surface area contributed by atoms with Gasteiger partial charge in [0.05, 0.1) is 0 Å². The van der Waals surface area contributed by atoms with E-state index in [1.807, 2.05) is 30.3 Å². The predicted octanol–water partition coefficient (Wildman–Crippen LogP) is 1.77. The van der Waals surface area contributed by atoms with Gasteiger partial charge in [-0.05, 0) is 0 Å². The standard InChI is InChI=1S/C13H15N3O2Se/c1-18-12(17)9-5-8-11-15-16-13(19-11)14-10-6-3-2-4-7-10/h2-4,6-7H,5,8-9H2,1H3,(H,14,16). The number of methoxy groups -OCH3 is 1. The van der Waals surface area contributed by atoms with Crippen molar-refractivity contribution < 1.29 is 9.53 Å². The van der Waals surface area contributed by atoms with E-state index in [2.05, 4.69) is 20.3 Å². The second-order valence-electron chi connectivity index (χ2n) is 3.92. The summed E-state index contributed by atoms with van der Waals surface area (Å²) >= 11 is 0.131. The van der Waals surface area contributed by atoms with Crippen LogP contribution in [0.1, 0.15) is 17.4 Å². The Labute approximate surface area is 117 Å². The van der Waals surface area contributed by atoms with Crippen molar-refractivity contribution >= 4 is 30.9 Å². The molecule has 0 saturated carbocycles. The van der Waals surface area contributed by atoms with Crippen molar-refractivity contribution in [3.8, 4) is 0 Å². The van der Waals surface area contributed by atoms with Crippen LogP contribution in [-0.2, 0) is 16.0 Å². The average Bonchev–Trinajstić information content (AvgIpc) is 2.87. The van der Waals surface area contributed by atoms with Crippen LogP contribution in [0, 0.1) is 0 Å². The van der Waals surface area contributed by atoms with Gasteiger partial charge in [0.25, 0.3) is 0 Å². The molecule has 5 nitrogen and oxygen atoms in total. The molecule has 0 radical (unpaired) electrons. The first-order valence-corrected chi connectivity index (χ1v) is 7.70. The topological polar surface area (TPSA) is 64.1 Å². The fraction of sp³-hybridized carbons (Fsp3) is 0.308. The molecule has 1 aromatic carbocycles. The van der Waals surface area contributed by atoms with Crippen LogP contribution < -0.4 is 5.32 Å². The Morgan fingerprint density at radius 3 is 2.84 bits per heavy atom. The number of para-hydroxylation sites is 1. The van der Waals surface area contributed by atoms with Crippen molar-refractivity contribution in [3.63, 3.8) is 0 Å². The molecule has 2 aromatic rings. The van der Waals surface area contributed by atoms with Crippen molar-refractivity contribution in [1.29, 1.82) is 0 Å². The molecule has 19 heavy (non-hydrogen) atoms. The SMILES string of the molecule is COC(=O)CCCc1nnc(Nc2ccccc2)[se]1. The summed E-state index contributed by atoms with van der Waals surface area (Å²) in [6.45, 7) is 0. The van der Waals surface area contributed by atoms with Gasteiger partial charge in [0, 0.05) is 0 Å². The van der Waals surface area contributed by atoms with E-state index < -0.39 is 0 Å². The van der Waals surface area contributed by atoms with Crippen molar-refractivity contribution in [2.75, 3.05) is 12.4 Å². The van der Waals surface area contributed by atoms with E-state index in [4.69, 9.17) is 0 Å². The molecule has 0 fully saturated rings. The third-order valence-corrected chi connectivity index (χ3v) is 4.38. The van der Waals surface area contributed by atoms with E-state index in [9.17, 15) is 4.79 Å². The number of benzene rings is 1. The van der Waals surface area contributed by atoms with Crippen LogP contribution in [-0.4, -0.2) is 37.8 Å². The Balaban J connectivity index is 1.84. The number of nitrogens with one attached hydrogen (secondary N) is 1. The van der Waals surface area contributed by atoms with E-state index in [-0.39, 0.29) is 20.5 Å². The summed E-state index contributed by atoms with van der Waals surface area (Å²) in [6.07, 6.45) is 2.01. The van der Waals surface area contributed by atoms with Gasteiger partial charge in [0.2, 0.25) is 0 Å². The molecule has 2 rings (SSSR count). The molecule has 0 saturated heterocycles. The van der Waals surface area contributed by atoms with Gasteiger partial charge in [-0.3, -0.25) is 0 Å². The van der Waals surface area contributed by atoms with Gasteiger partial charge in [0.15, 0.2) is 0 Å². The maximum absolute atomic E-state index is 11.0. The van der Waals surface area contributed by atoms with E-state index >= 15 is 0 Å². The fourth-order valence-electron chi connectivity index (χ4n) is 1.54. The van der Waals surface area contributed by atoms with Crippen molar-refractivity contribution in [2.45, 2.75) is 19.3 Å². The summed E-state index contributed by atoms with van der Waals surface area (Å²) in [5, 5.41) is 11.5. The number of nitrogens with zero attached hydrogens (tertiary/aromatic N) is 2. The van der Waals surface area contributed by atoms with Gasteiger partial charge in [-0.25, -0.2) is 0 Å². The Hall–Kier alpha value is -1.65. The van der Waals surface area contributed by atoms with Crippen LogP contribution in [0.3, 0.4) is 0 Å². The van der Waals surface area contributed by atoms with E-state index in [0.29, 0.717) is 6.42 Å². The number of rotatable bonds is 6. The second kappa shape index (κ2) is 7.07. The van der Waals surface area contributed by atoms with Crippen molar-refractivity contribution in [3.05, 3.63) is 34.9 Å². The number of aryl methyl sites for hydroxylation is 1. The first kappa shape index (κ1) is 13.8. The van der Waals surface area contributed by atoms with Gasteiger partial charge >= 0.3 is 117 Å². The van der Waals surface area contributed by atoms with Crippen LogP contribution in [0.5, 0.6) is 0 Å². The molecule has 0 aliphatic rings. The van der Waals surface area contributed by atoms with Crippen LogP contribution in [0.2, 0.25) is 0 Å². The number of ether oxygens (including phenoxy) is 1. The Morgan fingerprint density at radius 2 is 2.11 bits per heavy atom. The zero-order valence-corrected chi connectivity index (χ0v) is 12.3. The van der Waals surface area contributed by atoms with Gasteiger partial charge < -0.3 is 0 Å². The van der Waals surface area contributed by atoms with E-state index in [0.717, 1.165) is 27.8 Å². The molecule has 0 atom stereocenters. The van der Waals surface area contributed by atoms with Gasteiger partial charge in [0.1, 0.15) is 0 Å². The Bertz CT molecular complexity index is 528. The zero-order valence-electron chi connectivity index (χ0n) is 10.6. The van der Waals surface area contributed by atoms with Crippen molar-refractivity contribution in [1.82, 2.24) is 10.2 Å².